The van der Waals surface area contributed by atoms with Crippen molar-refractivity contribution in [2.45, 2.75) is 48.1 Å². The first-order chi connectivity index (χ1) is 16.5. The van der Waals surface area contributed by atoms with Gasteiger partial charge in [-0.3, -0.25) is 4.89 Å². The van der Waals surface area contributed by atoms with Gasteiger partial charge in [0.15, 0.2) is 0 Å². The molecule has 4 nitrogen and oxygen atoms in total. The third kappa shape index (κ3) is 7.03. The van der Waals surface area contributed by atoms with Crippen molar-refractivity contribution in [2.75, 3.05) is 0 Å². The van der Waals surface area contributed by atoms with Crippen molar-refractivity contribution in [2.24, 2.45) is 0 Å². The van der Waals surface area contributed by atoms with Crippen molar-refractivity contribution in [1.29, 1.82) is 0 Å². The molecule has 0 radical (unpaired) electrons. The van der Waals surface area contributed by atoms with E-state index in [0.29, 0.717) is 12.1 Å². The molecule has 1 rings (SSSR count). The molecule has 0 saturated heterocycles. The molecule has 0 spiro atoms. The Bertz CT molecular complexity index is 1030. The summed E-state index contributed by atoms with van der Waals surface area (Å²) in [6, 6.07) is 0.953. The largest absolute Gasteiger partial charge is 1.00 e. The van der Waals surface area contributed by atoms with Crippen LogP contribution >= 0.6 is 7.94 Å². The minimum atomic E-state index is -8.54. The van der Waals surface area contributed by atoms with Gasteiger partial charge in [0, 0.05) is 0 Å². The first kappa shape index (κ1) is 37.9. The van der Waals surface area contributed by atoms with Crippen LogP contribution in [0, 0.1) is 0 Å². The normalized spacial score (nSPS) is 15.5. The van der Waals surface area contributed by atoms with E-state index in [1.165, 1.54) is 0 Å². The summed E-state index contributed by atoms with van der Waals surface area (Å²) in [5.41, 5.74) is -0.492. The molecular formula is C16H7F17NaO4P. The van der Waals surface area contributed by atoms with Gasteiger partial charge >= 0.3 is 71.5 Å². The minimum Gasteiger partial charge on any atom is -0.659 e. The predicted molar refractivity (Wildman–Crippen MR) is 84.9 cm³/mol. The number of alkyl halides is 15. The van der Waals surface area contributed by atoms with Gasteiger partial charge in [-0.05, 0) is 17.7 Å². The summed E-state index contributed by atoms with van der Waals surface area (Å²) >= 11 is 0. The third-order valence-corrected chi connectivity index (χ3v) is 4.98. The Kier molecular flexibility index (Phi) is 11.0. The van der Waals surface area contributed by atoms with E-state index in [9.17, 15) is 84.4 Å². The smallest absolute Gasteiger partial charge is 0.659 e. The quantitative estimate of drug-likeness (QED) is 0.243. The molecule has 1 N–H and O–H groups in total. The van der Waals surface area contributed by atoms with Gasteiger partial charge in [-0.1, -0.05) is 12.1 Å². The molecule has 0 aromatic heterocycles. The second-order valence-electron chi connectivity index (χ2n) is 7.06. The zero-order valence-electron chi connectivity index (χ0n) is 18.1. The van der Waals surface area contributed by atoms with Crippen LogP contribution in [-0.4, -0.2) is 46.8 Å². The van der Waals surface area contributed by atoms with Crippen LogP contribution in [0.4, 0.5) is 74.6 Å². The van der Waals surface area contributed by atoms with Crippen LogP contribution in [0.15, 0.2) is 35.9 Å². The fourth-order valence-electron chi connectivity index (χ4n) is 2.28. The molecule has 0 aliphatic heterocycles. The van der Waals surface area contributed by atoms with Crippen molar-refractivity contribution in [3.63, 3.8) is 0 Å². The Morgan fingerprint density at radius 1 is 0.667 bits per heavy atom. The summed E-state index contributed by atoms with van der Waals surface area (Å²) in [6.07, 6.45) is -15.2. The van der Waals surface area contributed by atoms with Gasteiger partial charge in [-0.15, -0.1) is 0 Å². The number of ether oxygens (including phenoxy) is 1. The Morgan fingerprint density at radius 3 is 1.41 bits per heavy atom. The van der Waals surface area contributed by atoms with Crippen LogP contribution < -0.4 is 44.1 Å². The summed E-state index contributed by atoms with van der Waals surface area (Å²) in [5, 5.41) is 0. The van der Waals surface area contributed by atoms with Crippen molar-refractivity contribution in [3.8, 4) is 5.75 Å². The number of hydrogen-bond acceptors (Lipinski definition) is 4. The van der Waals surface area contributed by atoms with Crippen LogP contribution in [0.3, 0.4) is 0 Å². The van der Waals surface area contributed by atoms with Crippen LogP contribution in [0.5, 0.6) is 5.75 Å². The second-order valence-corrected chi connectivity index (χ2v) is 8.65. The van der Waals surface area contributed by atoms with Gasteiger partial charge in [0.25, 0.3) is 0 Å². The molecule has 1 aromatic rings. The summed E-state index contributed by atoms with van der Waals surface area (Å²) in [4.78, 5) is 30.0. The maximum absolute atomic E-state index is 13.8. The minimum absolute atomic E-state index is 0. The first-order valence-electron chi connectivity index (χ1n) is 8.68. The number of halogens is 17. The average Bonchev–Trinajstić information content (AvgIpc) is 2.71. The second kappa shape index (κ2) is 11.3. The molecule has 39 heavy (non-hydrogen) atoms. The fourth-order valence-corrected chi connectivity index (χ4v) is 2.95. The van der Waals surface area contributed by atoms with E-state index in [4.69, 9.17) is 4.89 Å². The van der Waals surface area contributed by atoms with Gasteiger partial charge in [0.1, 0.15) is 11.9 Å². The summed E-state index contributed by atoms with van der Waals surface area (Å²) in [7, 11) is -5.05. The van der Waals surface area contributed by atoms with Gasteiger partial charge < -0.3 is 14.5 Å². The van der Waals surface area contributed by atoms with Crippen molar-refractivity contribution in [3.05, 3.63) is 41.5 Å². The van der Waals surface area contributed by atoms with E-state index in [1.807, 2.05) is 0 Å². The van der Waals surface area contributed by atoms with E-state index in [0.717, 1.165) is 0 Å². The Balaban J connectivity index is 0.0000144. The maximum Gasteiger partial charge on any atom is 1.00 e. The Morgan fingerprint density at radius 2 is 1.05 bits per heavy atom. The average molecular weight is 640 g/mol. The van der Waals surface area contributed by atoms with E-state index in [1.54, 1.807) is 0 Å². The maximum atomic E-state index is 13.8. The molecule has 0 bridgehead atoms. The molecular weight excluding hydrogens is 633 g/mol. The number of benzene rings is 1. The van der Waals surface area contributed by atoms with Crippen molar-refractivity contribution < 1.29 is 124 Å². The van der Waals surface area contributed by atoms with Crippen LogP contribution in [0.1, 0.15) is 5.56 Å². The zero-order chi connectivity index (χ0) is 30.6. The van der Waals surface area contributed by atoms with Gasteiger partial charge in [-0.2, -0.15) is 70.2 Å². The fraction of sp³-hybridized carbons (Fsp3) is 0.500. The molecule has 1 aromatic carbocycles. The first-order valence-corrected chi connectivity index (χ1v) is 10.4. The standard InChI is InChI=1S/C16H8F17O4P.Na/c17-8(9(18)11(21,22)23)10(19,20)12(24,25)13(26,27)14(28,29)15(30,31)16(32,33)37-7-3-1-6(2-4-7)5-38(34,35)36;/h1-4H,5H2,(H2,34,35,36);/q;+1/p-1/b9-8+;. The van der Waals surface area contributed by atoms with E-state index in [-0.39, 0.29) is 41.7 Å². The van der Waals surface area contributed by atoms with Crippen molar-refractivity contribution >= 4 is 7.94 Å². The SMILES string of the molecule is [Na+].[O-][P+]([O-])(O)Cc1ccc(OC(F)(F)C(F)(F)C(F)(F)C(F)(F)C(F)(F)C(F)(F)/C(F)=C(\F)C(F)(F)F)cc1. The molecule has 0 aliphatic carbocycles. The van der Waals surface area contributed by atoms with Crippen LogP contribution in [0.25, 0.3) is 0 Å². The van der Waals surface area contributed by atoms with E-state index >= 15 is 0 Å². The number of rotatable bonds is 10. The zero-order valence-corrected chi connectivity index (χ0v) is 21.0. The Hall–Kier alpha value is -1.12. The predicted octanol–water partition coefficient (Wildman–Crippen LogP) is 2.53. The molecule has 0 saturated carbocycles. The third-order valence-electron chi connectivity index (χ3n) is 4.21. The summed E-state index contributed by atoms with van der Waals surface area (Å²) < 4.78 is 228. The molecule has 0 heterocycles. The molecule has 0 aliphatic rings. The molecule has 0 unspecified atom stereocenters. The number of allylic oxidation sites excluding steroid dienone is 2. The molecule has 220 valence electrons. The monoisotopic (exact) mass is 640 g/mol. The molecule has 23 heteroatoms. The van der Waals surface area contributed by atoms with Gasteiger partial charge in [-0.25, -0.2) is 4.39 Å². The van der Waals surface area contributed by atoms with Crippen molar-refractivity contribution in [1.82, 2.24) is 0 Å². The Labute approximate surface area is 226 Å². The van der Waals surface area contributed by atoms with Gasteiger partial charge in [0.2, 0.25) is 11.7 Å². The number of hydrogen-bond donors (Lipinski definition) is 1. The van der Waals surface area contributed by atoms with E-state index in [2.05, 4.69) is 4.74 Å². The van der Waals surface area contributed by atoms with Crippen LogP contribution in [-0.2, 0) is 6.16 Å². The van der Waals surface area contributed by atoms with Gasteiger partial charge in [0.05, 0.1) is 7.94 Å². The summed E-state index contributed by atoms with van der Waals surface area (Å²) in [6.45, 7) is 0. The van der Waals surface area contributed by atoms with E-state index < -0.39 is 79.0 Å². The molecule has 0 atom stereocenters. The topological polar surface area (TPSA) is 75.6 Å². The summed E-state index contributed by atoms with van der Waals surface area (Å²) in [5.74, 6) is -53.0. The molecule has 0 amide bonds. The molecule has 0 fully saturated rings. The van der Waals surface area contributed by atoms with Crippen LogP contribution in [0.2, 0.25) is 0 Å².